The average molecular weight is 296 g/mol. The van der Waals surface area contributed by atoms with E-state index in [9.17, 15) is 4.79 Å². The molecule has 20 heavy (non-hydrogen) atoms. The minimum atomic E-state index is -0.112. The zero-order valence-electron chi connectivity index (χ0n) is 12.5. The van der Waals surface area contributed by atoms with Crippen LogP contribution in [0.1, 0.15) is 50.4 Å². The molecule has 1 aliphatic heterocycles. The van der Waals surface area contributed by atoms with Gasteiger partial charge in [0.1, 0.15) is 10.6 Å². The van der Waals surface area contributed by atoms with Gasteiger partial charge in [-0.1, -0.05) is 6.92 Å². The number of rotatable bonds is 3. The van der Waals surface area contributed by atoms with Gasteiger partial charge in [-0.05, 0) is 50.6 Å². The molecule has 0 radical (unpaired) electrons. The second-order valence-electron chi connectivity index (χ2n) is 5.90. The minimum absolute atomic E-state index is 0.0961. The molecule has 1 saturated heterocycles. The molecule has 0 aromatic carbocycles. The molecule has 6 heteroatoms. The minimum Gasteiger partial charge on any atom is -0.382 e. The lowest BCUT2D eigenvalue weighted by Gasteiger charge is -2.22. The molecule has 1 aromatic heterocycles. The first-order valence-electron chi connectivity index (χ1n) is 7.30. The zero-order chi connectivity index (χ0) is 14.7. The Bertz CT molecular complexity index is 472. The first-order valence-corrected chi connectivity index (χ1v) is 8.07. The number of nitrogens with two attached hydrogens (primary N) is 1. The van der Waals surface area contributed by atoms with Gasteiger partial charge in [0.2, 0.25) is 0 Å². The van der Waals surface area contributed by atoms with Crippen molar-refractivity contribution in [3.63, 3.8) is 0 Å². The van der Waals surface area contributed by atoms with Gasteiger partial charge in [-0.2, -0.15) is 4.37 Å². The Morgan fingerprint density at radius 1 is 1.45 bits per heavy atom. The van der Waals surface area contributed by atoms with Gasteiger partial charge < -0.3 is 16.0 Å². The normalized spacial score (nSPS) is 20.0. The first kappa shape index (κ1) is 15.1. The molecular formula is C14H24N4OS. The van der Waals surface area contributed by atoms with Gasteiger partial charge in [0, 0.05) is 19.1 Å². The van der Waals surface area contributed by atoms with E-state index in [0.717, 1.165) is 36.9 Å². The molecule has 3 N–H and O–H groups in total. The fourth-order valence-corrected chi connectivity index (χ4v) is 3.39. The van der Waals surface area contributed by atoms with Gasteiger partial charge in [-0.3, -0.25) is 4.79 Å². The molecule has 0 saturated carbocycles. The van der Waals surface area contributed by atoms with Crippen molar-refractivity contribution in [3.8, 4) is 0 Å². The lowest BCUT2D eigenvalue weighted by molar-refractivity contribution is 0.0944. The second kappa shape index (κ2) is 6.43. The summed E-state index contributed by atoms with van der Waals surface area (Å²) in [5.41, 5.74) is 6.46. The number of hydrogen-bond donors (Lipinski definition) is 2. The predicted molar refractivity (Wildman–Crippen MR) is 84.4 cm³/mol. The quantitative estimate of drug-likeness (QED) is 0.899. The molecular weight excluding hydrogens is 272 g/mol. The summed E-state index contributed by atoms with van der Waals surface area (Å²) in [5.74, 6) is 0.984. The molecule has 1 fully saturated rings. The summed E-state index contributed by atoms with van der Waals surface area (Å²) < 4.78 is 4.19. The van der Waals surface area contributed by atoms with Crippen molar-refractivity contribution < 1.29 is 4.79 Å². The number of nitrogen functional groups attached to an aromatic ring is 1. The standard InChI is InChI=1S/C14H24N4OS/c1-9(2)16-13(19)11-12(15)17-20-14(11)18-7-4-5-10(3)6-8-18/h9-10H,4-8H2,1-3H3,(H2,15,17)(H,16,19). The van der Waals surface area contributed by atoms with E-state index in [1.807, 2.05) is 13.8 Å². The van der Waals surface area contributed by atoms with Crippen molar-refractivity contribution in [1.29, 1.82) is 0 Å². The van der Waals surface area contributed by atoms with E-state index in [0.29, 0.717) is 11.4 Å². The van der Waals surface area contributed by atoms with E-state index in [4.69, 9.17) is 5.73 Å². The molecule has 2 rings (SSSR count). The van der Waals surface area contributed by atoms with Crippen molar-refractivity contribution in [2.45, 2.75) is 46.1 Å². The van der Waals surface area contributed by atoms with Crippen LogP contribution in [0.2, 0.25) is 0 Å². The van der Waals surface area contributed by atoms with E-state index in [2.05, 4.69) is 21.5 Å². The van der Waals surface area contributed by atoms with Crippen molar-refractivity contribution in [2.75, 3.05) is 23.7 Å². The summed E-state index contributed by atoms with van der Waals surface area (Å²) in [7, 11) is 0. The predicted octanol–water partition coefficient (Wildman–Crippen LogP) is 2.49. The fourth-order valence-electron chi connectivity index (χ4n) is 2.52. The lowest BCUT2D eigenvalue weighted by Crippen LogP contribution is -2.32. The van der Waals surface area contributed by atoms with Crippen LogP contribution in [0.3, 0.4) is 0 Å². The third-order valence-electron chi connectivity index (χ3n) is 3.65. The van der Waals surface area contributed by atoms with E-state index >= 15 is 0 Å². The largest absolute Gasteiger partial charge is 0.382 e. The van der Waals surface area contributed by atoms with Crippen molar-refractivity contribution in [1.82, 2.24) is 9.69 Å². The highest BCUT2D eigenvalue weighted by atomic mass is 32.1. The molecule has 0 bridgehead atoms. The monoisotopic (exact) mass is 296 g/mol. The van der Waals surface area contributed by atoms with Crippen LogP contribution in [0.25, 0.3) is 0 Å². The summed E-state index contributed by atoms with van der Waals surface area (Å²) in [6.45, 7) is 8.14. The molecule has 5 nitrogen and oxygen atoms in total. The average Bonchev–Trinajstić information content (AvgIpc) is 2.61. The molecule has 1 atom stereocenters. The van der Waals surface area contributed by atoms with Crippen molar-refractivity contribution >= 4 is 28.3 Å². The second-order valence-corrected chi connectivity index (χ2v) is 6.65. The number of carbonyl (C=O) groups excluding carboxylic acids is 1. The Labute approximate surface area is 124 Å². The smallest absolute Gasteiger partial charge is 0.258 e. The van der Waals surface area contributed by atoms with E-state index in [-0.39, 0.29) is 11.9 Å². The van der Waals surface area contributed by atoms with Crippen LogP contribution >= 0.6 is 11.5 Å². The van der Waals surface area contributed by atoms with E-state index in [1.54, 1.807) is 0 Å². The van der Waals surface area contributed by atoms with Gasteiger partial charge in [0.15, 0.2) is 5.82 Å². The number of amides is 1. The van der Waals surface area contributed by atoms with E-state index < -0.39 is 0 Å². The van der Waals surface area contributed by atoms with Gasteiger partial charge >= 0.3 is 0 Å². The van der Waals surface area contributed by atoms with Gasteiger partial charge in [0.25, 0.3) is 5.91 Å². The number of nitrogens with zero attached hydrogens (tertiary/aromatic N) is 2. The molecule has 112 valence electrons. The zero-order valence-corrected chi connectivity index (χ0v) is 13.3. The Balaban J connectivity index is 2.21. The number of hydrogen-bond acceptors (Lipinski definition) is 5. The van der Waals surface area contributed by atoms with Crippen LogP contribution < -0.4 is 16.0 Å². The van der Waals surface area contributed by atoms with Crippen LogP contribution in [0, 0.1) is 5.92 Å². The maximum atomic E-state index is 12.3. The van der Waals surface area contributed by atoms with Crippen LogP contribution in [0.15, 0.2) is 0 Å². The summed E-state index contributed by atoms with van der Waals surface area (Å²) in [4.78, 5) is 14.6. The highest BCUT2D eigenvalue weighted by Gasteiger charge is 2.25. The molecule has 1 aromatic rings. The first-order chi connectivity index (χ1) is 9.49. The van der Waals surface area contributed by atoms with Gasteiger partial charge in [0.05, 0.1) is 0 Å². The molecule has 1 aliphatic rings. The van der Waals surface area contributed by atoms with E-state index in [1.165, 1.54) is 18.0 Å². The topological polar surface area (TPSA) is 71.2 Å². The number of aromatic nitrogens is 1. The fraction of sp³-hybridized carbons (Fsp3) is 0.714. The van der Waals surface area contributed by atoms with Crippen molar-refractivity contribution in [3.05, 3.63) is 5.56 Å². The Kier molecular flexibility index (Phi) is 4.86. The van der Waals surface area contributed by atoms with Crippen LogP contribution in [0.5, 0.6) is 0 Å². The van der Waals surface area contributed by atoms with Crippen LogP contribution in [-0.2, 0) is 0 Å². The van der Waals surface area contributed by atoms with Gasteiger partial charge in [-0.15, -0.1) is 0 Å². The number of anilines is 2. The summed E-state index contributed by atoms with van der Waals surface area (Å²) in [5, 5.41) is 3.84. The lowest BCUT2D eigenvalue weighted by atomic mass is 10.0. The third-order valence-corrected chi connectivity index (χ3v) is 4.57. The van der Waals surface area contributed by atoms with Gasteiger partial charge in [-0.25, -0.2) is 0 Å². The highest BCUT2D eigenvalue weighted by Crippen LogP contribution is 2.32. The molecule has 0 aliphatic carbocycles. The molecule has 2 heterocycles. The summed E-state index contributed by atoms with van der Waals surface area (Å²) in [6, 6.07) is 0.0961. The van der Waals surface area contributed by atoms with Crippen molar-refractivity contribution in [2.24, 2.45) is 5.92 Å². The third kappa shape index (κ3) is 3.42. The number of nitrogens with one attached hydrogen (secondary N) is 1. The van der Waals surface area contributed by atoms with Crippen LogP contribution in [0.4, 0.5) is 10.8 Å². The Hall–Kier alpha value is -1.30. The van der Waals surface area contributed by atoms with Crippen LogP contribution in [-0.4, -0.2) is 29.4 Å². The molecule has 1 unspecified atom stereocenters. The molecule has 1 amide bonds. The number of carbonyl (C=O) groups is 1. The SMILES string of the molecule is CC1CCCN(c2snc(N)c2C(=O)NC(C)C)CC1. The highest BCUT2D eigenvalue weighted by molar-refractivity contribution is 7.11. The summed E-state index contributed by atoms with van der Waals surface area (Å²) >= 11 is 1.34. The maximum absolute atomic E-state index is 12.3. The Morgan fingerprint density at radius 2 is 2.20 bits per heavy atom. The maximum Gasteiger partial charge on any atom is 0.258 e. The Morgan fingerprint density at radius 3 is 2.90 bits per heavy atom. The summed E-state index contributed by atoms with van der Waals surface area (Å²) in [6.07, 6.45) is 3.56. The molecule has 0 spiro atoms.